The van der Waals surface area contributed by atoms with Gasteiger partial charge in [0.25, 0.3) is 0 Å². The summed E-state index contributed by atoms with van der Waals surface area (Å²) in [7, 11) is 0. The maximum Gasteiger partial charge on any atom is 0.573 e. The molecule has 166 valence electrons. The van der Waals surface area contributed by atoms with Crippen molar-refractivity contribution in [2.45, 2.75) is 46.0 Å². The van der Waals surface area contributed by atoms with Crippen molar-refractivity contribution in [2.75, 3.05) is 0 Å². The predicted molar refractivity (Wildman–Crippen MR) is 101 cm³/mol. The van der Waals surface area contributed by atoms with Crippen LogP contribution in [0.5, 0.6) is 5.75 Å². The molecule has 1 amide bonds. The Balaban J connectivity index is 1.61. The summed E-state index contributed by atoms with van der Waals surface area (Å²) in [5.74, 6) is 0.201. The highest BCUT2D eigenvalue weighted by Gasteiger charge is 2.33. The van der Waals surface area contributed by atoms with Crippen LogP contribution in [0.25, 0.3) is 11.6 Å². The molecular formula is C19H21F3N6O3. The second kappa shape index (κ2) is 8.74. The molecule has 0 fully saturated rings. The first kappa shape index (κ1) is 22.2. The van der Waals surface area contributed by atoms with E-state index in [1.165, 1.54) is 30.6 Å². The number of ether oxygens (including phenoxy) is 1. The van der Waals surface area contributed by atoms with E-state index in [0.29, 0.717) is 17.8 Å². The van der Waals surface area contributed by atoms with E-state index < -0.39 is 17.8 Å². The molecule has 2 aromatic heterocycles. The van der Waals surface area contributed by atoms with Crippen molar-refractivity contribution in [1.82, 2.24) is 30.6 Å². The lowest BCUT2D eigenvalue weighted by Crippen LogP contribution is -2.37. The van der Waals surface area contributed by atoms with Crippen molar-refractivity contribution in [3.63, 3.8) is 0 Å². The molecule has 2 N–H and O–H groups in total. The molecule has 9 nitrogen and oxygen atoms in total. The summed E-state index contributed by atoms with van der Waals surface area (Å²) >= 11 is 0. The van der Waals surface area contributed by atoms with Gasteiger partial charge < -0.3 is 14.6 Å². The number of carbonyl (C=O) groups excluding carboxylic acids is 1. The second-order valence-corrected chi connectivity index (χ2v) is 7.85. The van der Waals surface area contributed by atoms with Gasteiger partial charge >= 0.3 is 6.36 Å². The van der Waals surface area contributed by atoms with Crippen LogP contribution in [0.4, 0.5) is 13.2 Å². The highest BCUT2D eigenvalue weighted by Crippen LogP contribution is 2.32. The van der Waals surface area contributed by atoms with Gasteiger partial charge in [-0.25, -0.2) is 4.98 Å². The van der Waals surface area contributed by atoms with Crippen molar-refractivity contribution in [2.24, 2.45) is 5.41 Å². The summed E-state index contributed by atoms with van der Waals surface area (Å²) in [5, 5.41) is 13.1. The Bertz CT molecular complexity index is 994. The van der Waals surface area contributed by atoms with Crippen LogP contribution in [-0.4, -0.2) is 37.6 Å². The number of nitrogens with zero attached hydrogens (tertiary/aromatic N) is 4. The number of aromatic amines is 1. The Morgan fingerprint density at radius 1 is 1.23 bits per heavy atom. The molecule has 0 spiro atoms. The molecule has 1 aromatic carbocycles. The number of H-pyrrole nitrogens is 1. The number of nitrogens with one attached hydrogen (secondary N) is 2. The Morgan fingerprint density at radius 2 is 1.94 bits per heavy atom. The van der Waals surface area contributed by atoms with Crippen LogP contribution in [0, 0.1) is 5.41 Å². The standard InChI is InChI=1S/C19H21F3N6O3/c1-18(2,3)14(17-26-16(28-31-17)15-23-10-24-27-15)25-13(29)9-6-11-4-7-12(8-5-11)30-19(20,21)22/h4-5,7-8,10,14H,6,9H2,1-3H3,(H,25,29)(H,23,24,27)/t14-/m0/s1. The van der Waals surface area contributed by atoms with Crippen LogP contribution in [0.3, 0.4) is 0 Å². The SMILES string of the molecule is CC(C)(C)[C@@H](NC(=O)CCc1ccc(OC(F)(F)F)cc1)c1nc(-c2ncn[nH]2)no1. The smallest absolute Gasteiger partial charge is 0.406 e. The molecule has 2 heterocycles. The zero-order valence-corrected chi connectivity index (χ0v) is 17.0. The van der Waals surface area contributed by atoms with Gasteiger partial charge in [-0.3, -0.25) is 9.89 Å². The number of alkyl halides is 3. The number of amides is 1. The lowest BCUT2D eigenvalue weighted by atomic mass is 9.86. The van der Waals surface area contributed by atoms with Crippen LogP contribution >= 0.6 is 0 Å². The topological polar surface area (TPSA) is 119 Å². The zero-order valence-electron chi connectivity index (χ0n) is 17.0. The summed E-state index contributed by atoms with van der Waals surface area (Å²) in [6.45, 7) is 5.74. The Hall–Kier alpha value is -3.44. The minimum Gasteiger partial charge on any atom is -0.406 e. The molecule has 0 aliphatic carbocycles. The van der Waals surface area contributed by atoms with E-state index >= 15 is 0 Å². The lowest BCUT2D eigenvalue weighted by Gasteiger charge is -2.28. The van der Waals surface area contributed by atoms with Crippen LogP contribution in [0.1, 0.15) is 44.7 Å². The van der Waals surface area contributed by atoms with Crippen LogP contribution in [0.2, 0.25) is 0 Å². The highest BCUT2D eigenvalue weighted by atomic mass is 19.4. The van der Waals surface area contributed by atoms with Gasteiger partial charge in [0.15, 0.2) is 5.82 Å². The van der Waals surface area contributed by atoms with Gasteiger partial charge in [-0.2, -0.15) is 10.1 Å². The van der Waals surface area contributed by atoms with E-state index in [4.69, 9.17) is 4.52 Å². The van der Waals surface area contributed by atoms with Crippen LogP contribution < -0.4 is 10.1 Å². The first-order valence-corrected chi connectivity index (χ1v) is 9.34. The fourth-order valence-corrected chi connectivity index (χ4v) is 2.76. The molecular weight excluding hydrogens is 417 g/mol. The number of aromatic nitrogens is 5. The average Bonchev–Trinajstić information content (AvgIpc) is 3.35. The molecule has 31 heavy (non-hydrogen) atoms. The minimum atomic E-state index is -4.74. The Labute approximate surface area is 175 Å². The maximum absolute atomic E-state index is 12.5. The van der Waals surface area contributed by atoms with E-state index in [9.17, 15) is 18.0 Å². The fourth-order valence-electron chi connectivity index (χ4n) is 2.76. The maximum atomic E-state index is 12.5. The van der Waals surface area contributed by atoms with Crippen LogP contribution in [0.15, 0.2) is 35.1 Å². The predicted octanol–water partition coefficient (Wildman–Crippen LogP) is 3.59. The second-order valence-electron chi connectivity index (χ2n) is 7.85. The number of rotatable bonds is 7. The molecule has 12 heteroatoms. The van der Waals surface area contributed by atoms with Crippen molar-refractivity contribution < 1.29 is 27.2 Å². The summed E-state index contributed by atoms with van der Waals surface area (Å²) in [6.07, 6.45) is -2.97. The molecule has 3 aromatic rings. The summed E-state index contributed by atoms with van der Waals surface area (Å²) < 4.78 is 45.9. The first-order chi connectivity index (χ1) is 14.5. The van der Waals surface area contributed by atoms with Gasteiger partial charge in [0.2, 0.25) is 17.6 Å². The molecule has 0 aliphatic heterocycles. The molecule has 0 radical (unpaired) electrons. The number of hydrogen-bond donors (Lipinski definition) is 2. The number of benzene rings is 1. The largest absolute Gasteiger partial charge is 0.573 e. The molecule has 0 unspecified atom stereocenters. The van der Waals surface area contributed by atoms with Gasteiger partial charge in [0, 0.05) is 6.42 Å². The van der Waals surface area contributed by atoms with Crippen molar-refractivity contribution >= 4 is 5.91 Å². The minimum absolute atomic E-state index is 0.120. The summed E-state index contributed by atoms with van der Waals surface area (Å²) in [6, 6.07) is 4.82. The van der Waals surface area contributed by atoms with E-state index in [1.807, 2.05) is 20.8 Å². The van der Waals surface area contributed by atoms with Crippen molar-refractivity contribution in [1.29, 1.82) is 0 Å². The third kappa shape index (κ3) is 6.27. The van der Waals surface area contributed by atoms with Gasteiger partial charge in [0.05, 0.1) is 0 Å². The zero-order chi connectivity index (χ0) is 22.6. The van der Waals surface area contributed by atoms with E-state index in [1.54, 1.807) is 0 Å². The molecule has 1 atom stereocenters. The number of halogens is 3. The van der Waals surface area contributed by atoms with Gasteiger partial charge in [-0.1, -0.05) is 38.1 Å². The quantitative estimate of drug-likeness (QED) is 0.579. The lowest BCUT2D eigenvalue weighted by molar-refractivity contribution is -0.274. The average molecular weight is 438 g/mol. The van der Waals surface area contributed by atoms with Crippen molar-refractivity contribution in [3.05, 3.63) is 42.0 Å². The third-order valence-corrected chi connectivity index (χ3v) is 4.28. The first-order valence-electron chi connectivity index (χ1n) is 9.34. The number of hydrogen-bond acceptors (Lipinski definition) is 7. The number of aryl methyl sites for hydroxylation is 1. The van der Waals surface area contributed by atoms with Crippen molar-refractivity contribution in [3.8, 4) is 17.4 Å². The molecule has 0 bridgehead atoms. The molecule has 0 saturated heterocycles. The van der Waals surface area contributed by atoms with Gasteiger partial charge in [0.1, 0.15) is 18.1 Å². The van der Waals surface area contributed by atoms with E-state index in [2.05, 4.69) is 35.4 Å². The molecule has 0 aliphatic rings. The van der Waals surface area contributed by atoms with E-state index in [0.717, 1.165) is 0 Å². The summed E-state index contributed by atoms with van der Waals surface area (Å²) in [4.78, 5) is 20.8. The highest BCUT2D eigenvalue weighted by molar-refractivity contribution is 5.76. The molecule has 3 rings (SSSR count). The Kier molecular flexibility index (Phi) is 6.27. The third-order valence-electron chi connectivity index (χ3n) is 4.28. The molecule has 0 saturated carbocycles. The summed E-state index contributed by atoms with van der Waals surface area (Å²) in [5.41, 5.74) is 0.264. The normalized spacial score (nSPS) is 13.1. The fraction of sp³-hybridized carbons (Fsp3) is 0.421. The Morgan fingerprint density at radius 3 is 2.52 bits per heavy atom. The number of carbonyl (C=O) groups is 1. The monoisotopic (exact) mass is 438 g/mol. The van der Waals surface area contributed by atoms with Gasteiger partial charge in [-0.15, -0.1) is 13.2 Å². The van der Waals surface area contributed by atoms with Crippen LogP contribution in [-0.2, 0) is 11.2 Å². The van der Waals surface area contributed by atoms with E-state index in [-0.39, 0.29) is 29.8 Å². The van der Waals surface area contributed by atoms with Gasteiger partial charge in [-0.05, 0) is 29.5 Å².